The predicted octanol–water partition coefficient (Wildman–Crippen LogP) is 3.76. The number of ether oxygens (including phenoxy) is 2. The Kier molecular flexibility index (Phi) is 7.17. The van der Waals surface area contributed by atoms with Crippen LogP contribution in [0.2, 0.25) is 0 Å². The number of halogens is 1. The van der Waals surface area contributed by atoms with Gasteiger partial charge in [-0.1, -0.05) is 48.0 Å². The first-order valence-corrected chi connectivity index (χ1v) is 8.61. The third kappa shape index (κ3) is 6.07. The lowest BCUT2D eigenvalue weighted by Crippen LogP contribution is -2.30. The zero-order valence-electron chi connectivity index (χ0n) is 13.0. The van der Waals surface area contributed by atoms with E-state index in [9.17, 15) is 0 Å². The van der Waals surface area contributed by atoms with Gasteiger partial charge in [-0.05, 0) is 36.9 Å². The van der Waals surface area contributed by atoms with Crippen LogP contribution in [0.1, 0.15) is 32.3 Å². The van der Waals surface area contributed by atoms with E-state index in [4.69, 9.17) is 9.47 Å². The highest BCUT2D eigenvalue weighted by molar-refractivity contribution is 9.10. The van der Waals surface area contributed by atoms with Crippen molar-refractivity contribution < 1.29 is 9.47 Å². The average molecular weight is 356 g/mol. The van der Waals surface area contributed by atoms with Gasteiger partial charge in [0.2, 0.25) is 0 Å². The predicted molar refractivity (Wildman–Crippen MR) is 89.4 cm³/mol. The third-order valence-electron chi connectivity index (χ3n) is 3.64. The van der Waals surface area contributed by atoms with E-state index in [0.717, 1.165) is 30.4 Å². The van der Waals surface area contributed by atoms with Gasteiger partial charge < -0.3 is 14.8 Å². The summed E-state index contributed by atoms with van der Waals surface area (Å²) in [7, 11) is 0. The zero-order valence-corrected chi connectivity index (χ0v) is 14.6. The number of benzene rings is 1. The van der Waals surface area contributed by atoms with Crippen LogP contribution in [-0.4, -0.2) is 31.9 Å². The summed E-state index contributed by atoms with van der Waals surface area (Å²) in [6, 6.07) is 8.17. The minimum Gasteiger partial charge on any atom is -0.374 e. The molecule has 0 aliphatic carbocycles. The molecule has 2 unspecified atom stereocenters. The molecule has 1 saturated heterocycles. The van der Waals surface area contributed by atoms with E-state index >= 15 is 0 Å². The van der Waals surface area contributed by atoms with Gasteiger partial charge in [-0.25, -0.2) is 0 Å². The van der Waals surface area contributed by atoms with Crippen LogP contribution in [-0.2, 0) is 16.1 Å². The Morgan fingerprint density at radius 2 is 2.05 bits per heavy atom. The fourth-order valence-electron chi connectivity index (χ4n) is 2.50. The van der Waals surface area contributed by atoms with Crippen molar-refractivity contribution in [3.8, 4) is 0 Å². The molecule has 1 aromatic rings. The van der Waals surface area contributed by atoms with E-state index in [-0.39, 0.29) is 6.10 Å². The quantitative estimate of drug-likeness (QED) is 0.769. The first-order chi connectivity index (χ1) is 10.1. The van der Waals surface area contributed by atoms with Crippen molar-refractivity contribution >= 4 is 15.9 Å². The first-order valence-electron chi connectivity index (χ1n) is 7.82. The molecular weight excluding hydrogens is 330 g/mol. The van der Waals surface area contributed by atoms with Gasteiger partial charge in [0, 0.05) is 11.0 Å². The Morgan fingerprint density at radius 1 is 1.29 bits per heavy atom. The molecule has 1 aliphatic rings. The summed E-state index contributed by atoms with van der Waals surface area (Å²) < 4.78 is 12.9. The van der Waals surface area contributed by atoms with Crippen LogP contribution in [0.25, 0.3) is 0 Å². The number of nitrogens with one attached hydrogen (secondary N) is 1. The second kappa shape index (κ2) is 8.89. The monoisotopic (exact) mass is 355 g/mol. The Bertz CT molecular complexity index is 425. The highest BCUT2D eigenvalue weighted by Gasteiger charge is 2.24. The Hall–Kier alpha value is -0.420. The second-order valence-electron chi connectivity index (χ2n) is 6.12. The van der Waals surface area contributed by atoms with E-state index in [2.05, 4.69) is 41.2 Å². The van der Waals surface area contributed by atoms with E-state index in [1.165, 1.54) is 5.56 Å². The summed E-state index contributed by atoms with van der Waals surface area (Å²) in [6.07, 6.45) is 2.83. The molecule has 1 aromatic carbocycles. The van der Waals surface area contributed by atoms with Gasteiger partial charge in [0.1, 0.15) is 0 Å². The summed E-state index contributed by atoms with van der Waals surface area (Å²) in [5.74, 6) is 0.690. The highest BCUT2D eigenvalue weighted by atomic mass is 79.9. The largest absolute Gasteiger partial charge is 0.374 e. The van der Waals surface area contributed by atoms with Gasteiger partial charge in [0.25, 0.3) is 0 Å². The standard InChI is InChI=1S/C17H26BrNO2/c1-13(2)9-19-10-15-7-8-16(21-15)12-20-11-14-5-3-4-6-17(14)18/h3-6,13,15-16,19H,7-12H2,1-2H3. The molecule has 0 spiro atoms. The molecule has 21 heavy (non-hydrogen) atoms. The molecule has 0 bridgehead atoms. The van der Waals surface area contributed by atoms with E-state index in [1.54, 1.807) is 0 Å². The van der Waals surface area contributed by atoms with E-state index < -0.39 is 0 Å². The summed E-state index contributed by atoms with van der Waals surface area (Å²) in [4.78, 5) is 0. The minimum atomic E-state index is 0.248. The van der Waals surface area contributed by atoms with Crippen LogP contribution in [0, 0.1) is 5.92 Å². The average Bonchev–Trinajstić information content (AvgIpc) is 2.88. The van der Waals surface area contributed by atoms with Gasteiger partial charge in [0.05, 0.1) is 25.4 Å². The lowest BCUT2D eigenvalue weighted by molar-refractivity contribution is -0.0192. The lowest BCUT2D eigenvalue weighted by atomic mass is 10.2. The molecular formula is C17H26BrNO2. The first kappa shape index (κ1) is 16.9. The Balaban J connectivity index is 1.61. The Labute approximate surface area is 136 Å². The Morgan fingerprint density at radius 3 is 2.81 bits per heavy atom. The van der Waals surface area contributed by atoms with Crippen LogP contribution >= 0.6 is 15.9 Å². The maximum absolute atomic E-state index is 6.01. The van der Waals surface area contributed by atoms with E-state index in [1.807, 2.05) is 18.2 Å². The van der Waals surface area contributed by atoms with Crippen molar-refractivity contribution in [2.45, 2.75) is 45.5 Å². The maximum Gasteiger partial charge on any atom is 0.0814 e. The SMILES string of the molecule is CC(C)CNCC1CCC(COCc2ccccc2Br)O1. The fraction of sp³-hybridized carbons (Fsp3) is 0.647. The molecule has 118 valence electrons. The fourth-order valence-corrected chi connectivity index (χ4v) is 2.90. The smallest absolute Gasteiger partial charge is 0.0814 e. The van der Waals surface area contributed by atoms with Gasteiger partial charge in [-0.2, -0.15) is 0 Å². The number of hydrogen-bond acceptors (Lipinski definition) is 3. The topological polar surface area (TPSA) is 30.5 Å². The molecule has 0 amide bonds. The van der Waals surface area contributed by atoms with E-state index in [0.29, 0.717) is 25.2 Å². The summed E-state index contributed by atoms with van der Waals surface area (Å²) in [5.41, 5.74) is 1.19. The zero-order chi connectivity index (χ0) is 15.1. The lowest BCUT2D eigenvalue weighted by Gasteiger charge is -2.15. The summed E-state index contributed by atoms with van der Waals surface area (Å²) in [5, 5.41) is 3.46. The van der Waals surface area contributed by atoms with Crippen molar-refractivity contribution in [3.63, 3.8) is 0 Å². The van der Waals surface area contributed by atoms with Gasteiger partial charge in [0.15, 0.2) is 0 Å². The molecule has 1 N–H and O–H groups in total. The molecule has 0 saturated carbocycles. The van der Waals surface area contributed by atoms with Crippen LogP contribution < -0.4 is 5.32 Å². The normalized spacial score (nSPS) is 22.1. The summed E-state index contributed by atoms with van der Waals surface area (Å²) >= 11 is 3.54. The van der Waals surface area contributed by atoms with Crippen LogP contribution in [0.5, 0.6) is 0 Å². The van der Waals surface area contributed by atoms with Crippen molar-refractivity contribution in [1.82, 2.24) is 5.32 Å². The summed E-state index contributed by atoms with van der Waals surface area (Å²) in [6.45, 7) is 7.78. The van der Waals surface area contributed by atoms with Crippen molar-refractivity contribution in [2.75, 3.05) is 19.7 Å². The second-order valence-corrected chi connectivity index (χ2v) is 6.97. The highest BCUT2D eigenvalue weighted by Crippen LogP contribution is 2.21. The molecule has 0 radical (unpaired) electrons. The number of rotatable bonds is 8. The van der Waals surface area contributed by atoms with Crippen LogP contribution in [0.3, 0.4) is 0 Å². The maximum atomic E-state index is 6.01. The molecule has 2 atom stereocenters. The van der Waals surface area contributed by atoms with Crippen LogP contribution in [0.4, 0.5) is 0 Å². The molecule has 4 heteroatoms. The molecule has 3 nitrogen and oxygen atoms in total. The van der Waals surface area contributed by atoms with Crippen molar-refractivity contribution in [1.29, 1.82) is 0 Å². The van der Waals surface area contributed by atoms with Gasteiger partial charge in [-0.15, -0.1) is 0 Å². The molecule has 1 fully saturated rings. The van der Waals surface area contributed by atoms with Gasteiger partial charge >= 0.3 is 0 Å². The number of hydrogen-bond donors (Lipinski definition) is 1. The minimum absolute atomic E-state index is 0.248. The van der Waals surface area contributed by atoms with Gasteiger partial charge in [-0.3, -0.25) is 0 Å². The molecule has 0 aromatic heterocycles. The van der Waals surface area contributed by atoms with Crippen LogP contribution in [0.15, 0.2) is 28.7 Å². The third-order valence-corrected chi connectivity index (χ3v) is 4.41. The molecule has 1 aliphatic heterocycles. The molecule has 2 rings (SSSR count). The van der Waals surface area contributed by atoms with Crippen molar-refractivity contribution in [3.05, 3.63) is 34.3 Å². The van der Waals surface area contributed by atoms with Crippen molar-refractivity contribution in [2.24, 2.45) is 5.92 Å². The molecule has 1 heterocycles.